The Balaban J connectivity index is 1.92. The van der Waals surface area contributed by atoms with Crippen molar-refractivity contribution in [2.45, 2.75) is 12.3 Å². The van der Waals surface area contributed by atoms with Gasteiger partial charge in [0.2, 0.25) is 0 Å². The molecule has 1 heterocycles. The van der Waals surface area contributed by atoms with Crippen molar-refractivity contribution in [2.75, 3.05) is 7.05 Å². The second-order valence-corrected chi connectivity index (χ2v) is 4.68. The van der Waals surface area contributed by atoms with Crippen LogP contribution in [-0.4, -0.2) is 17.9 Å². The van der Waals surface area contributed by atoms with Gasteiger partial charge in [-0.2, -0.15) is 0 Å². The average molecular weight is 253 g/mol. The molecule has 2 aromatic carbocycles. The molecule has 0 N–H and O–H groups in total. The fraction of sp³-hybridized carbons (Fsp3) is 0.188. The van der Waals surface area contributed by atoms with Crippen molar-refractivity contribution in [2.24, 2.45) is 0 Å². The van der Waals surface area contributed by atoms with Gasteiger partial charge in [-0.15, -0.1) is 0 Å². The van der Waals surface area contributed by atoms with E-state index in [0.29, 0.717) is 0 Å². The Morgan fingerprint density at radius 3 is 2.00 bits per heavy atom. The molecule has 1 aliphatic rings. The molecule has 2 aromatic rings. The molecule has 3 heteroatoms. The van der Waals surface area contributed by atoms with Gasteiger partial charge < -0.3 is 4.74 Å². The van der Waals surface area contributed by atoms with E-state index >= 15 is 0 Å². The smallest absolute Gasteiger partial charge is 0.329 e. The zero-order chi connectivity index (χ0) is 13.2. The second kappa shape index (κ2) is 4.86. The van der Waals surface area contributed by atoms with Crippen molar-refractivity contribution in [1.82, 2.24) is 4.90 Å². The van der Waals surface area contributed by atoms with Gasteiger partial charge in [-0.3, -0.25) is 4.90 Å². The van der Waals surface area contributed by atoms with E-state index in [-0.39, 0.29) is 18.2 Å². The normalized spacial score (nSPS) is 23.3. The van der Waals surface area contributed by atoms with Crippen molar-refractivity contribution in [3.05, 3.63) is 71.8 Å². The second-order valence-electron chi connectivity index (χ2n) is 4.68. The molecule has 3 nitrogen and oxygen atoms in total. The maximum Gasteiger partial charge on any atom is 0.329 e. The minimum atomic E-state index is -0.327. The Hall–Kier alpha value is -2.13. The molecule has 96 valence electrons. The highest BCUT2D eigenvalue weighted by atomic mass is 16.6. The number of carbonyl (C=O) groups excluding carboxylic acids is 1. The number of likely N-dealkylation sites (N-methyl/N-ethyl adjacent to an activating group) is 1. The molecule has 2 unspecified atom stereocenters. The fourth-order valence-electron chi connectivity index (χ4n) is 2.49. The summed E-state index contributed by atoms with van der Waals surface area (Å²) >= 11 is 0. The first-order chi connectivity index (χ1) is 9.27. The summed E-state index contributed by atoms with van der Waals surface area (Å²) in [5, 5.41) is 0. The third-order valence-corrected chi connectivity index (χ3v) is 3.43. The fourth-order valence-corrected chi connectivity index (χ4v) is 2.49. The Morgan fingerprint density at radius 1 is 0.895 bits per heavy atom. The van der Waals surface area contributed by atoms with Gasteiger partial charge >= 0.3 is 5.97 Å². The molecule has 2 atom stereocenters. The minimum Gasteiger partial charge on any atom is -0.441 e. The molecular weight excluding hydrogens is 238 g/mol. The van der Waals surface area contributed by atoms with E-state index in [2.05, 4.69) is 0 Å². The van der Waals surface area contributed by atoms with E-state index in [0.717, 1.165) is 11.1 Å². The van der Waals surface area contributed by atoms with Crippen LogP contribution in [0.1, 0.15) is 23.4 Å². The monoisotopic (exact) mass is 253 g/mol. The topological polar surface area (TPSA) is 29.5 Å². The van der Waals surface area contributed by atoms with Gasteiger partial charge in [-0.25, -0.2) is 4.79 Å². The summed E-state index contributed by atoms with van der Waals surface area (Å²) in [7, 11) is 1.92. The molecule has 19 heavy (non-hydrogen) atoms. The van der Waals surface area contributed by atoms with Gasteiger partial charge in [-0.05, 0) is 12.6 Å². The quantitative estimate of drug-likeness (QED) is 0.771. The Labute approximate surface area is 112 Å². The number of ether oxygens (including phenoxy) is 1. The first kappa shape index (κ1) is 11.9. The lowest BCUT2D eigenvalue weighted by molar-refractivity contribution is -0.143. The summed E-state index contributed by atoms with van der Waals surface area (Å²) in [6.45, 7) is 0. The summed E-state index contributed by atoms with van der Waals surface area (Å²) in [5.41, 5.74) is 1.96. The molecule has 0 saturated carbocycles. The summed E-state index contributed by atoms with van der Waals surface area (Å²) in [5.74, 6) is -0.192. The summed E-state index contributed by atoms with van der Waals surface area (Å²) in [4.78, 5) is 14.1. The summed E-state index contributed by atoms with van der Waals surface area (Å²) in [6, 6.07) is 19.2. The Kier molecular flexibility index (Phi) is 3.05. The number of cyclic esters (lactones) is 1. The minimum absolute atomic E-state index is 0.192. The largest absolute Gasteiger partial charge is 0.441 e. The zero-order valence-corrected chi connectivity index (χ0v) is 10.7. The third-order valence-electron chi connectivity index (χ3n) is 3.43. The summed E-state index contributed by atoms with van der Waals surface area (Å²) < 4.78 is 5.51. The van der Waals surface area contributed by atoms with Crippen LogP contribution >= 0.6 is 0 Å². The number of hydrogen-bond donors (Lipinski definition) is 0. The van der Waals surface area contributed by atoms with Crippen LogP contribution in [0, 0.1) is 0 Å². The highest BCUT2D eigenvalue weighted by Crippen LogP contribution is 2.37. The number of hydrogen-bond acceptors (Lipinski definition) is 3. The zero-order valence-electron chi connectivity index (χ0n) is 10.7. The van der Waals surface area contributed by atoms with Crippen molar-refractivity contribution >= 4 is 5.97 Å². The van der Waals surface area contributed by atoms with E-state index in [1.54, 1.807) is 0 Å². The van der Waals surface area contributed by atoms with E-state index in [9.17, 15) is 4.79 Å². The first-order valence-corrected chi connectivity index (χ1v) is 6.29. The predicted molar refractivity (Wildman–Crippen MR) is 72.2 cm³/mol. The van der Waals surface area contributed by atoms with Gasteiger partial charge in [0.15, 0.2) is 6.23 Å². The van der Waals surface area contributed by atoms with Gasteiger partial charge in [0.05, 0.1) is 0 Å². The number of benzene rings is 2. The van der Waals surface area contributed by atoms with Crippen LogP contribution in [0.3, 0.4) is 0 Å². The first-order valence-electron chi connectivity index (χ1n) is 6.29. The number of nitrogens with zero attached hydrogens (tertiary/aromatic N) is 1. The maximum atomic E-state index is 12.1. The van der Waals surface area contributed by atoms with E-state index in [1.807, 2.05) is 72.6 Å². The Bertz CT molecular complexity index is 568. The maximum absolute atomic E-state index is 12.1. The lowest BCUT2D eigenvalue weighted by atomic mass is 10.1. The molecular formula is C16H15NO2. The van der Waals surface area contributed by atoms with Gasteiger partial charge in [0.1, 0.15) is 6.04 Å². The number of carbonyl (C=O) groups is 1. The van der Waals surface area contributed by atoms with Crippen LogP contribution in [0.2, 0.25) is 0 Å². The predicted octanol–water partition coefficient (Wildman–Crippen LogP) is 2.92. The number of esters is 1. The average Bonchev–Trinajstić information content (AvgIpc) is 2.76. The van der Waals surface area contributed by atoms with Gasteiger partial charge in [-0.1, -0.05) is 60.7 Å². The van der Waals surface area contributed by atoms with Crippen LogP contribution in [0.15, 0.2) is 60.7 Å². The summed E-state index contributed by atoms with van der Waals surface area (Å²) in [6.07, 6.45) is -0.307. The van der Waals surface area contributed by atoms with Crippen LogP contribution in [0.4, 0.5) is 0 Å². The molecule has 0 amide bonds. The molecule has 0 spiro atoms. The molecule has 0 aromatic heterocycles. The molecule has 1 fully saturated rings. The highest BCUT2D eigenvalue weighted by molar-refractivity contribution is 5.79. The van der Waals surface area contributed by atoms with Crippen molar-refractivity contribution < 1.29 is 9.53 Å². The van der Waals surface area contributed by atoms with Crippen molar-refractivity contribution in [1.29, 1.82) is 0 Å². The molecule has 1 saturated heterocycles. The molecule has 0 radical (unpaired) electrons. The van der Waals surface area contributed by atoms with Crippen molar-refractivity contribution in [3.8, 4) is 0 Å². The molecule has 3 rings (SSSR count). The molecule has 1 aliphatic heterocycles. The van der Waals surface area contributed by atoms with Crippen LogP contribution in [0.5, 0.6) is 0 Å². The highest BCUT2D eigenvalue weighted by Gasteiger charge is 2.41. The number of rotatable bonds is 2. The standard InChI is InChI=1S/C16H15NO2/c1-17-14(12-8-4-2-5-9-12)16(18)19-15(17)13-10-6-3-7-11-13/h2-11,14-15H,1H3. The third kappa shape index (κ3) is 2.13. The van der Waals surface area contributed by atoms with E-state index in [4.69, 9.17) is 4.74 Å². The van der Waals surface area contributed by atoms with Gasteiger partial charge in [0, 0.05) is 5.56 Å². The van der Waals surface area contributed by atoms with Crippen LogP contribution in [-0.2, 0) is 9.53 Å². The Morgan fingerprint density at radius 2 is 1.42 bits per heavy atom. The van der Waals surface area contributed by atoms with Gasteiger partial charge in [0.25, 0.3) is 0 Å². The van der Waals surface area contributed by atoms with Crippen molar-refractivity contribution in [3.63, 3.8) is 0 Å². The lowest BCUT2D eigenvalue weighted by Gasteiger charge is -2.21. The van der Waals surface area contributed by atoms with Crippen LogP contribution in [0.25, 0.3) is 0 Å². The molecule has 0 bridgehead atoms. The molecule has 0 aliphatic carbocycles. The van der Waals surface area contributed by atoms with Crippen LogP contribution < -0.4 is 0 Å². The lowest BCUT2D eigenvalue weighted by Crippen LogP contribution is -2.23. The SMILES string of the molecule is CN1C(c2ccccc2)OC(=O)C1c1ccccc1. The van der Waals surface area contributed by atoms with E-state index in [1.165, 1.54) is 0 Å². The van der Waals surface area contributed by atoms with E-state index < -0.39 is 0 Å².